The van der Waals surface area contributed by atoms with Gasteiger partial charge in [-0.15, -0.1) is 0 Å². The monoisotopic (exact) mass is 224 g/mol. The Kier molecular flexibility index (Phi) is 3.12. The Balaban J connectivity index is 2.20. The first kappa shape index (κ1) is 11.4. The van der Waals surface area contributed by atoms with Gasteiger partial charge in [0, 0.05) is 23.7 Å². The van der Waals surface area contributed by atoms with Gasteiger partial charge in [0.05, 0.1) is 6.10 Å². The van der Waals surface area contributed by atoms with E-state index in [4.69, 9.17) is 5.73 Å². The number of anilines is 1. The Morgan fingerprint density at radius 1 is 1.56 bits per heavy atom. The van der Waals surface area contributed by atoms with Gasteiger partial charge in [0.2, 0.25) is 0 Å². The molecule has 3 nitrogen and oxygen atoms in total. The molecule has 4 heteroatoms. The smallest absolute Gasteiger partial charge is 0.123 e. The first-order valence-corrected chi connectivity index (χ1v) is 5.49. The van der Waals surface area contributed by atoms with Crippen molar-refractivity contribution < 1.29 is 9.50 Å². The number of aliphatic hydroxyl groups excluding tert-OH is 1. The molecule has 0 amide bonds. The molecule has 2 atom stereocenters. The number of benzene rings is 1. The second-order valence-corrected chi connectivity index (χ2v) is 4.53. The molecule has 0 bridgehead atoms. The van der Waals surface area contributed by atoms with Gasteiger partial charge >= 0.3 is 0 Å². The van der Waals surface area contributed by atoms with Crippen LogP contribution in [0.15, 0.2) is 18.2 Å². The Labute approximate surface area is 94.7 Å². The fourth-order valence-electron chi connectivity index (χ4n) is 2.28. The molecule has 1 fully saturated rings. The quantitative estimate of drug-likeness (QED) is 0.746. The number of likely N-dealkylation sites (tertiary alicyclic amines) is 1. The number of hydrogen-bond acceptors (Lipinski definition) is 3. The lowest BCUT2D eigenvalue weighted by Crippen LogP contribution is -2.19. The Bertz CT molecular complexity index is 383. The molecular weight excluding hydrogens is 207 g/mol. The largest absolute Gasteiger partial charge is 0.398 e. The van der Waals surface area contributed by atoms with Crippen molar-refractivity contribution in [1.82, 2.24) is 4.90 Å². The minimum Gasteiger partial charge on any atom is -0.398 e. The summed E-state index contributed by atoms with van der Waals surface area (Å²) in [5.41, 5.74) is 6.73. The molecule has 1 saturated heterocycles. The van der Waals surface area contributed by atoms with Gasteiger partial charge in [-0.2, -0.15) is 0 Å². The summed E-state index contributed by atoms with van der Waals surface area (Å²) in [5, 5.41) is 10.2. The van der Waals surface area contributed by atoms with E-state index in [9.17, 15) is 9.50 Å². The lowest BCUT2D eigenvalue weighted by atomic mass is 9.94. The van der Waals surface area contributed by atoms with Crippen molar-refractivity contribution in [3.05, 3.63) is 29.6 Å². The first-order valence-electron chi connectivity index (χ1n) is 5.49. The van der Waals surface area contributed by atoms with Crippen LogP contribution in [0, 0.1) is 11.7 Å². The minimum absolute atomic E-state index is 0.147. The summed E-state index contributed by atoms with van der Waals surface area (Å²) in [6.45, 7) is 1.80. The molecule has 0 aromatic heterocycles. The molecule has 16 heavy (non-hydrogen) atoms. The molecule has 3 N–H and O–H groups in total. The molecule has 1 aromatic carbocycles. The Morgan fingerprint density at radius 3 is 2.94 bits per heavy atom. The summed E-state index contributed by atoms with van der Waals surface area (Å²) in [6, 6.07) is 4.15. The maximum atomic E-state index is 13.1. The zero-order valence-corrected chi connectivity index (χ0v) is 9.36. The zero-order valence-electron chi connectivity index (χ0n) is 9.36. The average Bonchev–Trinajstić information content (AvgIpc) is 2.67. The normalized spacial score (nSPS) is 23.6. The van der Waals surface area contributed by atoms with Crippen molar-refractivity contribution in [2.24, 2.45) is 5.92 Å². The molecule has 0 aliphatic carbocycles. The third-order valence-electron chi connectivity index (χ3n) is 3.24. The summed E-state index contributed by atoms with van der Waals surface area (Å²) in [4.78, 5) is 2.16. The first-order chi connectivity index (χ1) is 7.58. The van der Waals surface area contributed by atoms with Crippen molar-refractivity contribution in [2.75, 3.05) is 25.9 Å². The van der Waals surface area contributed by atoms with E-state index in [2.05, 4.69) is 4.90 Å². The van der Waals surface area contributed by atoms with Crippen LogP contribution in [0.5, 0.6) is 0 Å². The van der Waals surface area contributed by atoms with Crippen LogP contribution >= 0.6 is 0 Å². The summed E-state index contributed by atoms with van der Waals surface area (Å²) >= 11 is 0. The van der Waals surface area contributed by atoms with Crippen LogP contribution in [0.2, 0.25) is 0 Å². The molecule has 88 valence electrons. The molecule has 0 radical (unpaired) electrons. The SMILES string of the molecule is CN1CCC(C(O)c2cc(F)ccc2N)C1. The number of aliphatic hydroxyl groups is 1. The molecule has 0 spiro atoms. The molecule has 1 aliphatic heterocycles. The average molecular weight is 224 g/mol. The summed E-state index contributed by atoms with van der Waals surface area (Å²) < 4.78 is 13.1. The van der Waals surface area contributed by atoms with E-state index in [0.29, 0.717) is 11.3 Å². The number of nitrogen functional groups attached to an aromatic ring is 1. The lowest BCUT2D eigenvalue weighted by molar-refractivity contribution is 0.113. The highest BCUT2D eigenvalue weighted by Crippen LogP contribution is 2.32. The van der Waals surface area contributed by atoms with Crippen molar-refractivity contribution in [2.45, 2.75) is 12.5 Å². The third-order valence-corrected chi connectivity index (χ3v) is 3.24. The molecule has 1 aromatic rings. The van der Waals surface area contributed by atoms with Crippen molar-refractivity contribution >= 4 is 5.69 Å². The highest BCUT2D eigenvalue weighted by Gasteiger charge is 2.28. The van der Waals surface area contributed by atoms with Crippen LogP contribution in [0.25, 0.3) is 0 Å². The summed E-state index contributed by atoms with van der Waals surface area (Å²) in [5.74, 6) is -0.205. The van der Waals surface area contributed by atoms with Crippen molar-refractivity contribution in [1.29, 1.82) is 0 Å². The van der Waals surface area contributed by atoms with Gasteiger partial charge in [0.1, 0.15) is 5.82 Å². The van der Waals surface area contributed by atoms with E-state index in [1.54, 1.807) is 0 Å². The van der Waals surface area contributed by atoms with Gasteiger partial charge in [0.15, 0.2) is 0 Å². The van der Waals surface area contributed by atoms with Gasteiger partial charge in [-0.1, -0.05) is 0 Å². The van der Waals surface area contributed by atoms with Crippen LogP contribution in [0.3, 0.4) is 0 Å². The molecule has 1 heterocycles. The fourth-order valence-corrected chi connectivity index (χ4v) is 2.28. The molecule has 0 saturated carbocycles. The number of rotatable bonds is 2. The lowest BCUT2D eigenvalue weighted by Gasteiger charge is -2.20. The van der Waals surface area contributed by atoms with Crippen LogP contribution in [0.4, 0.5) is 10.1 Å². The Morgan fingerprint density at radius 2 is 2.31 bits per heavy atom. The second kappa shape index (κ2) is 4.39. The molecule has 2 unspecified atom stereocenters. The predicted octanol–water partition coefficient (Wildman–Crippen LogP) is 1.39. The van der Waals surface area contributed by atoms with E-state index in [1.165, 1.54) is 18.2 Å². The maximum Gasteiger partial charge on any atom is 0.123 e. The highest BCUT2D eigenvalue weighted by atomic mass is 19.1. The third kappa shape index (κ3) is 2.18. The van der Waals surface area contributed by atoms with E-state index in [1.807, 2.05) is 7.05 Å². The van der Waals surface area contributed by atoms with Gasteiger partial charge in [0.25, 0.3) is 0 Å². The van der Waals surface area contributed by atoms with Gasteiger partial charge in [-0.05, 0) is 38.2 Å². The van der Waals surface area contributed by atoms with E-state index < -0.39 is 6.10 Å². The summed E-state index contributed by atoms with van der Waals surface area (Å²) in [6.07, 6.45) is 0.258. The van der Waals surface area contributed by atoms with Crippen molar-refractivity contribution in [3.8, 4) is 0 Å². The van der Waals surface area contributed by atoms with Crippen molar-refractivity contribution in [3.63, 3.8) is 0 Å². The molecule has 2 rings (SSSR count). The van der Waals surface area contributed by atoms with Crippen LogP contribution < -0.4 is 5.73 Å². The Hall–Kier alpha value is -1.13. The van der Waals surface area contributed by atoms with E-state index in [0.717, 1.165) is 19.5 Å². The fraction of sp³-hybridized carbons (Fsp3) is 0.500. The van der Waals surface area contributed by atoms with Crippen LogP contribution in [-0.4, -0.2) is 30.1 Å². The molecule has 1 aliphatic rings. The highest BCUT2D eigenvalue weighted by molar-refractivity contribution is 5.48. The second-order valence-electron chi connectivity index (χ2n) is 4.53. The number of nitrogens with zero attached hydrogens (tertiary/aromatic N) is 1. The van der Waals surface area contributed by atoms with Crippen LogP contribution in [-0.2, 0) is 0 Å². The van der Waals surface area contributed by atoms with E-state index >= 15 is 0 Å². The minimum atomic E-state index is -0.666. The maximum absolute atomic E-state index is 13.1. The summed E-state index contributed by atoms with van der Waals surface area (Å²) in [7, 11) is 2.02. The zero-order chi connectivity index (χ0) is 11.7. The number of halogens is 1. The topological polar surface area (TPSA) is 49.5 Å². The van der Waals surface area contributed by atoms with Gasteiger partial charge in [-0.3, -0.25) is 0 Å². The number of nitrogens with two attached hydrogens (primary N) is 1. The van der Waals surface area contributed by atoms with Crippen LogP contribution in [0.1, 0.15) is 18.1 Å². The number of hydrogen-bond donors (Lipinski definition) is 2. The predicted molar refractivity (Wildman–Crippen MR) is 61.4 cm³/mol. The standard InChI is InChI=1S/C12H17FN2O/c1-15-5-4-8(7-15)12(16)10-6-9(13)2-3-11(10)14/h2-3,6,8,12,16H,4-5,7,14H2,1H3. The van der Waals surface area contributed by atoms with E-state index in [-0.39, 0.29) is 11.7 Å². The van der Waals surface area contributed by atoms with Gasteiger partial charge < -0.3 is 15.7 Å². The van der Waals surface area contributed by atoms with Gasteiger partial charge in [-0.25, -0.2) is 4.39 Å². The molecular formula is C12H17FN2O.